The van der Waals surface area contributed by atoms with Crippen molar-refractivity contribution < 1.29 is 0 Å². The Labute approximate surface area is 108 Å². The van der Waals surface area contributed by atoms with Gasteiger partial charge in [0.1, 0.15) is 5.82 Å². The van der Waals surface area contributed by atoms with Gasteiger partial charge in [0.2, 0.25) is 0 Å². The molecule has 0 spiro atoms. The van der Waals surface area contributed by atoms with Gasteiger partial charge in [-0.2, -0.15) is 0 Å². The Hall–Kier alpha value is -1.61. The number of aryl methyl sites for hydroxylation is 1. The fourth-order valence-electron chi connectivity index (χ4n) is 2.69. The molecule has 0 radical (unpaired) electrons. The van der Waals surface area contributed by atoms with Crippen LogP contribution in [-0.4, -0.2) is 22.6 Å². The number of nitrogens with zero attached hydrogens (tertiary/aromatic N) is 2. The summed E-state index contributed by atoms with van der Waals surface area (Å²) in [7, 11) is 0. The summed E-state index contributed by atoms with van der Waals surface area (Å²) in [6, 6.07) is 8.90. The van der Waals surface area contributed by atoms with Crippen LogP contribution in [0, 0.1) is 6.92 Å². The fraction of sp³-hybridized carbons (Fsp3) is 0.400. The lowest BCUT2D eigenvalue weighted by Crippen LogP contribution is -2.28. The van der Waals surface area contributed by atoms with Crippen LogP contribution in [0.25, 0.3) is 5.69 Å². The lowest BCUT2D eigenvalue weighted by molar-refractivity contribution is 0.461. The van der Waals surface area contributed by atoms with E-state index in [9.17, 15) is 0 Å². The molecule has 1 N–H and O–H groups in total. The van der Waals surface area contributed by atoms with E-state index in [1.807, 2.05) is 19.3 Å². The Morgan fingerprint density at radius 2 is 2.11 bits per heavy atom. The van der Waals surface area contributed by atoms with Gasteiger partial charge < -0.3 is 9.88 Å². The summed E-state index contributed by atoms with van der Waals surface area (Å²) in [6.45, 7) is 4.31. The molecular formula is C15H19N3. The molecule has 1 aliphatic heterocycles. The van der Waals surface area contributed by atoms with Gasteiger partial charge >= 0.3 is 0 Å². The van der Waals surface area contributed by atoms with E-state index in [0.29, 0.717) is 5.92 Å². The monoisotopic (exact) mass is 241 g/mol. The number of benzene rings is 1. The van der Waals surface area contributed by atoms with Crippen LogP contribution in [0.5, 0.6) is 0 Å². The third-order valence-corrected chi connectivity index (χ3v) is 3.77. The van der Waals surface area contributed by atoms with Crippen LogP contribution in [0.1, 0.15) is 30.1 Å². The minimum atomic E-state index is 0.677. The van der Waals surface area contributed by atoms with Crippen LogP contribution in [0.3, 0.4) is 0 Å². The first kappa shape index (κ1) is 11.5. The standard InChI is InChI=1S/C15H19N3/c1-12-17-9-10-18(12)15-6-4-13(5-7-15)14-3-2-8-16-11-14/h4-7,9-10,14,16H,2-3,8,11H2,1H3. The molecule has 0 aliphatic carbocycles. The van der Waals surface area contributed by atoms with Crippen molar-refractivity contribution in [3.63, 3.8) is 0 Å². The van der Waals surface area contributed by atoms with Gasteiger partial charge in [-0.1, -0.05) is 12.1 Å². The first-order valence-electron chi connectivity index (χ1n) is 6.65. The molecule has 2 aromatic rings. The van der Waals surface area contributed by atoms with Crippen LogP contribution in [-0.2, 0) is 0 Å². The van der Waals surface area contributed by atoms with Crippen LogP contribution in [0.4, 0.5) is 0 Å². The molecule has 0 bridgehead atoms. The molecule has 94 valence electrons. The summed E-state index contributed by atoms with van der Waals surface area (Å²) in [5.41, 5.74) is 2.64. The van der Waals surface area contributed by atoms with Crippen LogP contribution >= 0.6 is 0 Å². The van der Waals surface area contributed by atoms with E-state index in [0.717, 1.165) is 12.4 Å². The molecule has 3 heteroatoms. The maximum Gasteiger partial charge on any atom is 0.110 e. The number of imidazole rings is 1. The number of aromatic nitrogens is 2. The zero-order valence-corrected chi connectivity index (χ0v) is 10.8. The molecule has 1 saturated heterocycles. The zero-order valence-electron chi connectivity index (χ0n) is 10.8. The quantitative estimate of drug-likeness (QED) is 0.876. The summed E-state index contributed by atoms with van der Waals surface area (Å²) in [5, 5.41) is 3.47. The topological polar surface area (TPSA) is 29.9 Å². The van der Waals surface area contributed by atoms with Gasteiger partial charge in [0.25, 0.3) is 0 Å². The van der Waals surface area contributed by atoms with E-state index < -0.39 is 0 Å². The van der Waals surface area contributed by atoms with Crippen molar-refractivity contribution in [3.05, 3.63) is 48.0 Å². The van der Waals surface area contributed by atoms with Gasteiger partial charge in [-0.3, -0.25) is 0 Å². The van der Waals surface area contributed by atoms with Crippen molar-refractivity contribution in [2.45, 2.75) is 25.7 Å². The molecule has 1 fully saturated rings. The predicted molar refractivity (Wildman–Crippen MR) is 73.1 cm³/mol. The maximum atomic E-state index is 4.26. The highest BCUT2D eigenvalue weighted by Crippen LogP contribution is 2.24. The second-order valence-electron chi connectivity index (χ2n) is 4.98. The highest BCUT2D eigenvalue weighted by atomic mass is 15.1. The van der Waals surface area contributed by atoms with E-state index in [-0.39, 0.29) is 0 Å². The lowest BCUT2D eigenvalue weighted by atomic mass is 9.91. The maximum absolute atomic E-state index is 4.26. The molecule has 1 aliphatic rings. The Bertz CT molecular complexity index is 507. The van der Waals surface area contributed by atoms with Gasteiger partial charge in [0.05, 0.1) is 0 Å². The average Bonchev–Trinajstić information content (AvgIpc) is 2.86. The van der Waals surface area contributed by atoms with Crippen molar-refractivity contribution in [2.75, 3.05) is 13.1 Å². The smallest absolute Gasteiger partial charge is 0.110 e. The normalized spacial score (nSPS) is 19.9. The zero-order chi connectivity index (χ0) is 12.4. The van der Waals surface area contributed by atoms with E-state index in [1.54, 1.807) is 0 Å². The van der Waals surface area contributed by atoms with Gasteiger partial charge in [0.15, 0.2) is 0 Å². The second kappa shape index (κ2) is 4.94. The van der Waals surface area contributed by atoms with Crippen LogP contribution < -0.4 is 5.32 Å². The number of rotatable bonds is 2. The number of hydrogen-bond acceptors (Lipinski definition) is 2. The van der Waals surface area contributed by atoms with Crippen molar-refractivity contribution in [2.24, 2.45) is 0 Å². The van der Waals surface area contributed by atoms with E-state index >= 15 is 0 Å². The van der Waals surface area contributed by atoms with Crippen LogP contribution in [0.2, 0.25) is 0 Å². The van der Waals surface area contributed by atoms with Crippen LogP contribution in [0.15, 0.2) is 36.7 Å². The van der Waals surface area contributed by atoms with Crippen molar-refractivity contribution >= 4 is 0 Å². The Kier molecular flexibility index (Phi) is 3.15. The summed E-state index contributed by atoms with van der Waals surface area (Å²) < 4.78 is 2.11. The minimum Gasteiger partial charge on any atom is -0.316 e. The third kappa shape index (κ3) is 2.18. The first-order chi connectivity index (χ1) is 8.84. The Morgan fingerprint density at radius 1 is 1.28 bits per heavy atom. The SMILES string of the molecule is Cc1nccn1-c1ccc(C2CCCNC2)cc1. The summed E-state index contributed by atoms with van der Waals surface area (Å²) in [6.07, 6.45) is 6.43. The molecule has 0 amide bonds. The molecule has 1 unspecified atom stereocenters. The van der Waals surface area contributed by atoms with Crippen molar-refractivity contribution in [3.8, 4) is 5.69 Å². The lowest BCUT2D eigenvalue weighted by Gasteiger charge is -2.23. The molecule has 1 aromatic heterocycles. The Morgan fingerprint density at radius 3 is 2.72 bits per heavy atom. The molecular weight excluding hydrogens is 222 g/mol. The summed E-state index contributed by atoms with van der Waals surface area (Å²) >= 11 is 0. The van der Waals surface area contributed by atoms with E-state index in [1.165, 1.54) is 30.6 Å². The first-order valence-corrected chi connectivity index (χ1v) is 6.65. The number of nitrogens with one attached hydrogen (secondary N) is 1. The second-order valence-corrected chi connectivity index (χ2v) is 4.98. The van der Waals surface area contributed by atoms with Crippen molar-refractivity contribution in [1.82, 2.24) is 14.9 Å². The van der Waals surface area contributed by atoms with Gasteiger partial charge in [-0.15, -0.1) is 0 Å². The highest BCUT2D eigenvalue weighted by Gasteiger charge is 2.14. The highest BCUT2D eigenvalue weighted by molar-refractivity contribution is 5.37. The number of hydrogen-bond donors (Lipinski definition) is 1. The van der Waals surface area contributed by atoms with E-state index in [4.69, 9.17) is 0 Å². The molecule has 0 saturated carbocycles. The predicted octanol–water partition coefficient (Wildman–Crippen LogP) is 2.65. The molecule has 3 rings (SSSR count). The molecule has 1 aromatic carbocycles. The van der Waals surface area contributed by atoms with Gasteiger partial charge in [0, 0.05) is 24.6 Å². The summed E-state index contributed by atoms with van der Waals surface area (Å²) in [5.74, 6) is 1.71. The largest absolute Gasteiger partial charge is 0.316 e. The minimum absolute atomic E-state index is 0.677. The molecule has 18 heavy (non-hydrogen) atoms. The van der Waals surface area contributed by atoms with Crippen molar-refractivity contribution in [1.29, 1.82) is 0 Å². The number of piperidine rings is 1. The summed E-state index contributed by atoms with van der Waals surface area (Å²) in [4.78, 5) is 4.26. The van der Waals surface area contributed by atoms with Gasteiger partial charge in [-0.25, -0.2) is 4.98 Å². The molecule has 2 heterocycles. The average molecular weight is 241 g/mol. The molecule has 1 atom stereocenters. The fourth-order valence-corrected chi connectivity index (χ4v) is 2.69. The van der Waals surface area contributed by atoms with Gasteiger partial charge in [-0.05, 0) is 49.9 Å². The molecule has 3 nitrogen and oxygen atoms in total. The Balaban J connectivity index is 1.82. The third-order valence-electron chi connectivity index (χ3n) is 3.77. The van der Waals surface area contributed by atoms with E-state index in [2.05, 4.69) is 39.1 Å².